The van der Waals surface area contributed by atoms with Crippen LogP contribution in [0, 0.1) is 0 Å². The molecule has 0 radical (unpaired) electrons. The molecule has 1 aliphatic heterocycles. The Balaban J connectivity index is 1.83. The Morgan fingerprint density at radius 3 is 3.21 bits per heavy atom. The van der Waals surface area contributed by atoms with Gasteiger partial charge in [0.25, 0.3) is 5.91 Å². The van der Waals surface area contributed by atoms with Crippen LogP contribution < -0.4 is 0 Å². The lowest BCUT2D eigenvalue weighted by Crippen LogP contribution is -2.31. The highest BCUT2D eigenvalue weighted by atomic mass is 16.5. The molecule has 1 aliphatic rings. The van der Waals surface area contributed by atoms with Crippen molar-refractivity contribution in [1.82, 2.24) is 25.0 Å². The standard InChI is InChI=1S/C12H15N5O2/c1-2-10-15-11(16-19-10)9-4-3-5-17(9)12(18)8-6-13-7-14-8/h6-7,9H,2-5H2,1H3,(H,13,14)/t9-/m1/s1. The molecule has 3 rings (SSSR count). The molecule has 3 heterocycles. The minimum absolute atomic E-state index is 0.0668. The van der Waals surface area contributed by atoms with E-state index in [4.69, 9.17) is 4.52 Å². The zero-order valence-electron chi connectivity index (χ0n) is 10.7. The van der Waals surface area contributed by atoms with Gasteiger partial charge in [-0.25, -0.2) is 4.98 Å². The molecule has 0 bridgehead atoms. The number of H-pyrrole nitrogens is 1. The van der Waals surface area contributed by atoms with Crippen molar-refractivity contribution in [3.05, 3.63) is 29.9 Å². The monoisotopic (exact) mass is 261 g/mol. The van der Waals surface area contributed by atoms with Crippen LogP contribution in [-0.2, 0) is 6.42 Å². The van der Waals surface area contributed by atoms with Crippen LogP contribution >= 0.6 is 0 Å². The molecular weight excluding hydrogens is 246 g/mol. The second-order valence-electron chi connectivity index (χ2n) is 4.52. The van der Waals surface area contributed by atoms with E-state index in [2.05, 4.69) is 20.1 Å². The number of likely N-dealkylation sites (tertiary alicyclic amines) is 1. The van der Waals surface area contributed by atoms with Gasteiger partial charge in [-0.3, -0.25) is 4.79 Å². The SMILES string of the molecule is CCc1nc([C@H]2CCCN2C(=O)c2cnc[nH]2)no1. The molecule has 7 heteroatoms. The lowest BCUT2D eigenvalue weighted by atomic mass is 10.2. The first-order valence-corrected chi connectivity index (χ1v) is 6.41. The van der Waals surface area contributed by atoms with Crippen LogP contribution in [-0.4, -0.2) is 37.5 Å². The highest BCUT2D eigenvalue weighted by Crippen LogP contribution is 2.31. The van der Waals surface area contributed by atoms with Gasteiger partial charge < -0.3 is 14.4 Å². The van der Waals surface area contributed by atoms with Gasteiger partial charge in [-0.15, -0.1) is 0 Å². The van der Waals surface area contributed by atoms with E-state index in [-0.39, 0.29) is 11.9 Å². The quantitative estimate of drug-likeness (QED) is 0.900. The molecule has 1 atom stereocenters. The summed E-state index contributed by atoms with van der Waals surface area (Å²) in [7, 11) is 0. The largest absolute Gasteiger partial charge is 0.341 e. The maximum absolute atomic E-state index is 12.3. The molecule has 1 fully saturated rings. The van der Waals surface area contributed by atoms with Gasteiger partial charge >= 0.3 is 0 Å². The molecule has 1 saturated heterocycles. The van der Waals surface area contributed by atoms with Crippen molar-refractivity contribution in [3.63, 3.8) is 0 Å². The van der Waals surface area contributed by atoms with Gasteiger partial charge in [0.15, 0.2) is 5.82 Å². The third-order valence-electron chi connectivity index (χ3n) is 3.33. The summed E-state index contributed by atoms with van der Waals surface area (Å²) in [6, 6.07) is -0.0974. The number of aromatic nitrogens is 4. The van der Waals surface area contributed by atoms with Crippen LogP contribution in [0.15, 0.2) is 17.0 Å². The average molecular weight is 261 g/mol. The molecule has 0 saturated carbocycles. The Morgan fingerprint density at radius 1 is 1.63 bits per heavy atom. The molecular formula is C12H15N5O2. The first kappa shape index (κ1) is 11.9. The summed E-state index contributed by atoms with van der Waals surface area (Å²) in [4.78, 5) is 25.2. The number of aromatic amines is 1. The van der Waals surface area contributed by atoms with Crippen LogP contribution in [0.3, 0.4) is 0 Å². The summed E-state index contributed by atoms with van der Waals surface area (Å²) >= 11 is 0. The predicted octanol–water partition coefficient (Wildman–Crippen LogP) is 1.33. The summed E-state index contributed by atoms with van der Waals surface area (Å²) in [5.74, 6) is 1.14. The number of carbonyl (C=O) groups is 1. The lowest BCUT2D eigenvalue weighted by Gasteiger charge is -2.21. The van der Waals surface area contributed by atoms with E-state index in [0.29, 0.717) is 30.4 Å². The molecule has 7 nitrogen and oxygen atoms in total. The average Bonchev–Trinajstić information content (AvgIpc) is 3.16. The van der Waals surface area contributed by atoms with E-state index in [9.17, 15) is 4.79 Å². The van der Waals surface area contributed by atoms with Gasteiger partial charge in [0.1, 0.15) is 5.69 Å². The van der Waals surface area contributed by atoms with Crippen molar-refractivity contribution in [2.75, 3.05) is 6.54 Å². The second-order valence-corrected chi connectivity index (χ2v) is 4.52. The Morgan fingerprint density at radius 2 is 2.53 bits per heavy atom. The fourth-order valence-electron chi connectivity index (χ4n) is 2.35. The van der Waals surface area contributed by atoms with E-state index >= 15 is 0 Å². The number of hydrogen-bond donors (Lipinski definition) is 1. The zero-order chi connectivity index (χ0) is 13.2. The Bertz CT molecular complexity index is 562. The zero-order valence-corrected chi connectivity index (χ0v) is 10.7. The fraction of sp³-hybridized carbons (Fsp3) is 0.500. The van der Waals surface area contributed by atoms with Gasteiger partial charge in [-0.05, 0) is 12.8 Å². The summed E-state index contributed by atoms with van der Waals surface area (Å²) in [6.07, 6.45) is 5.55. The van der Waals surface area contributed by atoms with Crippen LogP contribution in [0.5, 0.6) is 0 Å². The number of rotatable bonds is 3. The normalized spacial score (nSPS) is 19.0. The van der Waals surface area contributed by atoms with E-state index < -0.39 is 0 Å². The molecule has 19 heavy (non-hydrogen) atoms. The number of carbonyl (C=O) groups excluding carboxylic acids is 1. The maximum atomic E-state index is 12.3. The first-order chi connectivity index (χ1) is 9.29. The van der Waals surface area contributed by atoms with E-state index in [1.807, 2.05) is 6.92 Å². The summed E-state index contributed by atoms with van der Waals surface area (Å²) in [6.45, 7) is 2.66. The second kappa shape index (κ2) is 4.83. The van der Waals surface area contributed by atoms with Gasteiger partial charge in [0.2, 0.25) is 5.89 Å². The van der Waals surface area contributed by atoms with Crippen molar-refractivity contribution in [3.8, 4) is 0 Å². The molecule has 2 aromatic rings. The van der Waals surface area contributed by atoms with Crippen LogP contribution in [0.25, 0.3) is 0 Å². The van der Waals surface area contributed by atoms with E-state index in [1.165, 1.54) is 12.5 Å². The summed E-state index contributed by atoms with van der Waals surface area (Å²) < 4.78 is 5.13. The Hall–Kier alpha value is -2.18. The third kappa shape index (κ3) is 2.11. The highest BCUT2D eigenvalue weighted by Gasteiger charge is 2.34. The van der Waals surface area contributed by atoms with Crippen molar-refractivity contribution in [2.45, 2.75) is 32.2 Å². The molecule has 2 aromatic heterocycles. The van der Waals surface area contributed by atoms with Crippen molar-refractivity contribution >= 4 is 5.91 Å². The third-order valence-corrected chi connectivity index (χ3v) is 3.33. The number of nitrogens with one attached hydrogen (secondary N) is 1. The maximum Gasteiger partial charge on any atom is 0.272 e. The van der Waals surface area contributed by atoms with Crippen molar-refractivity contribution in [2.24, 2.45) is 0 Å². The lowest BCUT2D eigenvalue weighted by molar-refractivity contribution is 0.0723. The predicted molar refractivity (Wildman–Crippen MR) is 65.3 cm³/mol. The van der Waals surface area contributed by atoms with E-state index in [0.717, 1.165) is 12.8 Å². The van der Waals surface area contributed by atoms with Crippen LogP contribution in [0.2, 0.25) is 0 Å². The minimum Gasteiger partial charge on any atom is -0.341 e. The smallest absolute Gasteiger partial charge is 0.272 e. The van der Waals surface area contributed by atoms with Crippen LogP contribution in [0.1, 0.15) is 48.0 Å². The van der Waals surface area contributed by atoms with Gasteiger partial charge in [0.05, 0.1) is 18.6 Å². The topological polar surface area (TPSA) is 87.9 Å². The van der Waals surface area contributed by atoms with Gasteiger partial charge in [0, 0.05) is 13.0 Å². The Kier molecular flexibility index (Phi) is 3.02. The summed E-state index contributed by atoms with van der Waals surface area (Å²) in [5.41, 5.74) is 0.492. The highest BCUT2D eigenvalue weighted by molar-refractivity contribution is 5.92. The number of hydrogen-bond acceptors (Lipinski definition) is 5. The number of aryl methyl sites for hydroxylation is 1. The van der Waals surface area contributed by atoms with Crippen molar-refractivity contribution in [1.29, 1.82) is 0 Å². The summed E-state index contributed by atoms with van der Waals surface area (Å²) in [5, 5.41) is 3.98. The van der Waals surface area contributed by atoms with Gasteiger partial charge in [-0.2, -0.15) is 4.98 Å². The molecule has 0 spiro atoms. The first-order valence-electron chi connectivity index (χ1n) is 6.41. The molecule has 100 valence electrons. The van der Waals surface area contributed by atoms with E-state index in [1.54, 1.807) is 4.90 Å². The molecule has 1 amide bonds. The fourth-order valence-corrected chi connectivity index (χ4v) is 2.35. The number of imidazole rings is 1. The molecule has 1 N–H and O–H groups in total. The molecule has 0 aliphatic carbocycles. The Labute approximate surface area is 110 Å². The minimum atomic E-state index is -0.0974. The molecule has 0 aromatic carbocycles. The molecule has 0 unspecified atom stereocenters. The number of amides is 1. The van der Waals surface area contributed by atoms with Crippen LogP contribution in [0.4, 0.5) is 0 Å². The van der Waals surface area contributed by atoms with Crippen molar-refractivity contribution < 1.29 is 9.32 Å². The number of nitrogens with zero attached hydrogens (tertiary/aromatic N) is 4. The van der Waals surface area contributed by atoms with Gasteiger partial charge in [-0.1, -0.05) is 12.1 Å².